The second-order valence-corrected chi connectivity index (χ2v) is 7.39. The minimum atomic E-state index is -0.248. The number of carbonyl (C=O) groups excluding carboxylic acids is 1. The van der Waals surface area contributed by atoms with Gasteiger partial charge in [0.15, 0.2) is 11.5 Å². The number of ether oxygens (including phenoxy) is 2. The number of anilines is 1. The molecule has 156 valence electrons. The molecular weight excluding hydrogens is 402 g/mol. The van der Waals surface area contributed by atoms with E-state index in [-0.39, 0.29) is 12.0 Å². The number of aromatic nitrogens is 2. The van der Waals surface area contributed by atoms with Crippen LogP contribution in [0.2, 0.25) is 5.02 Å². The second-order valence-electron chi connectivity index (χ2n) is 6.95. The van der Waals surface area contributed by atoms with E-state index < -0.39 is 0 Å². The van der Waals surface area contributed by atoms with Crippen LogP contribution in [0.5, 0.6) is 11.5 Å². The summed E-state index contributed by atoms with van der Waals surface area (Å²) in [5.74, 6) is 1.04. The zero-order valence-corrected chi connectivity index (χ0v) is 17.9. The fraction of sp³-hybridized carbons (Fsp3) is 0.217. The van der Waals surface area contributed by atoms with Crippen molar-refractivity contribution in [2.24, 2.45) is 0 Å². The van der Waals surface area contributed by atoms with Crippen molar-refractivity contribution in [2.75, 3.05) is 12.4 Å². The Morgan fingerprint density at radius 3 is 2.67 bits per heavy atom. The molecule has 1 amide bonds. The van der Waals surface area contributed by atoms with Gasteiger partial charge in [-0.25, -0.2) is 0 Å². The molecule has 3 rings (SSSR count). The van der Waals surface area contributed by atoms with Crippen molar-refractivity contribution in [1.29, 1.82) is 0 Å². The lowest BCUT2D eigenvalue weighted by Crippen LogP contribution is -2.07. The first-order valence-electron chi connectivity index (χ1n) is 9.53. The van der Waals surface area contributed by atoms with Crippen LogP contribution in [0.25, 0.3) is 6.08 Å². The van der Waals surface area contributed by atoms with Crippen molar-refractivity contribution in [3.05, 3.63) is 77.1 Å². The topological polar surface area (TPSA) is 65.4 Å². The van der Waals surface area contributed by atoms with Gasteiger partial charge in [0.2, 0.25) is 5.91 Å². The molecule has 0 aliphatic rings. The van der Waals surface area contributed by atoms with E-state index in [1.807, 2.05) is 56.3 Å². The third-order valence-corrected chi connectivity index (χ3v) is 4.39. The van der Waals surface area contributed by atoms with Crippen molar-refractivity contribution < 1.29 is 14.3 Å². The number of benzene rings is 2. The molecule has 1 N–H and O–H groups in total. The fourth-order valence-electron chi connectivity index (χ4n) is 2.79. The van der Waals surface area contributed by atoms with Gasteiger partial charge in [-0.15, -0.1) is 0 Å². The standard InChI is InChI=1S/C23H24ClN3O3/c1-16(2)30-21-10-6-17(12-22(21)29-3)7-11-23(28)26-20-13-25-27(15-20)14-18-4-8-19(24)9-5-18/h4-13,15-16H,14H2,1-3H3,(H,26,28)/b11-7+. The van der Waals surface area contributed by atoms with Crippen molar-refractivity contribution in [3.63, 3.8) is 0 Å². The van der Waals surface area contributed by atoms with Gasteiger partial charge in [0.1, 0.15) is 0 Å². The van der Waals surface area contributed by atoms with Gasteiger partial charge in [0.05, 0.1) is 31.6 Å². The summed E-state index contributed by atoms with van der Waals surface area (Å²) in [6, 6.07) is 13.1. The Kier molecular flexibility index (Phi) is 7.14. The number of hydrogen-bond acceptors (Lipinski definition) is 4. The number of methoxy groups -OCH3 is 1. The Labute approximate surface area is 181 Å². The van der Waals surface area contributed by atoms with E-state index in [2.05, 4.69) is 10.4 Å². The summed E-state index contributed by atoms with van der Waals surface area (Å²) in [5, 5.41) is 7.78. The molecule has 0 saturated carbocycles. The number of amides is 1. The molecule has 0 aliphatic heterocycles. The van der Waals surface area contributed by atoms with Gasteiger partial charge >= 0.3 is 0 Å². The van der Waals surface area contributed by atoms with Gasteiger partial charge in [-0.3, -0.25) is 9.48 Å². The molecule has 6 nitrogen and oxygen atoms in total. The molecule has 0 fully saturated rings. The average Bonchev–Trinajstić information content (AvgIpc) is 3.15. The largest absolute Gasteiger partial charge is 0.493 e. The molecule has 0 bridgehead atoms. The highest BCUT2D eigenvalue weighted by molar-refractivity contribution is 6.30. The molecule has 2 aromatic carbocycles. The van der Waals surface area contributed by atoms with Crippen LogP contribution < -0.4 is 14.8 Å². The minimum Gasteiger partial charge on any atom is -0.493 e. The maximum absolute atomic E-state index is 12.3. The van der Waals surface area contributed by atoms with Gasteiger partial charge in [0.25, 0.3) is 0 Å². The molecule has 0 aliphatic carbocycles. The predicted molar refractivity (Wildman–Crippen MR) is 119 cm³/mol. The molecule has 0 spiro atoms. The third-order valence-electron chi connectivity index (χ3n) is 4.14. The SMILES string of the molecule is COc1cc(/C=C/C(=O)Nc2cnn(Cc3ccc(Cl)cc3)c2)ccc1OC(C)C. The normalized spacial score (nSPS) is 11.1. The van der Waals surface area contributed by atoms with Gasteiger partial charge in [-0.05, 0) is 55.3 Å². The number of halogens is 1. The lowest BCUT2D eigenvalue weighted by atomic mass is 10.2. The van der Waals surface area contributed by atoms with E-state index in [9.17, 15) is 4.79 Å². The highest BCUT2D eigenvalue weighted by Crippen LogP contribution is 2.29. The van der Waals surface area contributed by atoms with Crippen molar-refractivity contribution in [2.45, 2.75) is 26.5 Å². The highest BCUT2D eigenvalue weighted by Gasteiger charge is 2.07. The Morgan fingerprint density at radius 2 is 1.97 bits per heavy atom. The van der Waals surface area contributed by atoms with Crippen LogP contribution in [0.1, 0.15) is 25.0 Å². The number of rotatable bonds is 8. The molecule has 1 heterocycles. The van der Waals surface area contributed by atoms with Crippen LogP contribution in [-0.4, -0.2) is 28.9 Å². The Balaban J connectivity index is 1.59. The maximum Gasteiger partial charge on any atom is 0.248 e. The van der Waals surface area contributed by atoms with E-state index >= 15 is 0 Å². The predicted octanol–water partition coefficient (Wildman–Crippen LogP) is 5.03. The molecule has 3 aromatic rings. The molecule has 0 radical (unpaired) electrons. The molecule has 0 atom stereocenters. The molecule has 30 heavy (non-hydrogen) atoms. The lowest BCUT2D eigenvalue weighted by molar-refractivity contribution is -0.111. The van der Waals surface area contributed by atoms with Crippen molar-refractivity contribution >= 4 is 29.3 Å². The minimum absolute atomic E-state index is 0.0478. The quantitative estimate of drug-likeness (QED) is 0.514. The number of nitrogens with one attached hydrogen (secondary N) is 1. The molecule has 7 heteroatoms. The van der Waals surface area contributed by atoms with Gasteiger partial charge < -0.3 is 14.8 Å². The Bertz CT molecular complexity index is 1030. The summed E-state index contributed by atoms with van der Waals surface area (Å²) in [7, 11) is 1.59. The number of nitrogens with zero attached hydrogens (tertiary/aromatic N) is 2. The lowest BCUT2D eigenvalue weighted by Gasteiger charge is -2.13. The number of hydrogen-bond donors (Lipinski definition) is 1. The summed E-state index contributed by atoms with van der Waals surface area (Å²) in [6.45, 7) is 4.50. The molecular formula is C23H24ClN3O3. The van der Waals surface area contributed by atoms with E-state index in [1.165, 1.54) is 6.08 Å². The first-order valence-corrected chi connectivity index (χ1v) is 9.91. The van der Waals surface area contributed by atoms with E-state index in [4.69, 9.17) is 21.1 Å². The van der Waals surface area contributed by atoms with Crippen LogP contribution in [0, 0.1) is 0 Å². The Morgan fingerprint density at radius 1 is 1.20 bits per heavy atom. The molecule has 0 unspecified atom stereocenters. The summed E-state index contributed by atoms with van der Waals surface area (Å²) in [4.78, 5) is 12.3. The number of carbonyl (C=O) groups is 1. The van der Waals surface area contributed by atoms with E-state index in [0.29, 0.717) is 28.8 Å². The van der Waals surface area contributed by atoms with Crippen molar-refractivity contribution in [1.82, 2.24) is 9.78 Å². The van der Waals surface area contributed by atoms with Crippen molar-refractivity contribution in [3.8, 4) is 11.5 Å². The summed E-state index contributed by atoms with van der Waals surface area (Å²) in [5.41, 5.74) is 2.52. The van der Waals surface area contributed by atoms with Crippen LogP contribution >= 0.6 is 11.6 Å². The first kappa shape index (κ1) is 21.5. The third kappa shape index (κ3) is 6.12. The van der Waals surface area contributed by atoms with Crippen LogP contribution in [0.3, 0.4) is 0 Å². The monoisotopic (exact) mass is 425 g/mol. The molecule has 0 saturated heterocycles. The van der Waals surface area contributed by atoms with Crippen LogP contribution in [-0.2, 0) is 11.3 Å². The van der Waals surface area contributed by atoms with E-state index in [0.717, 1.165) is 11.1 Å². The summed E-state index contributed by atoms with van der Waals surface area (Å²) < 4.78 is 12.8. The average molecular weight is 426 g/mol. The van der Waals surface area contributed by atoms with Gasteiger partial charge in [-0.1, -0.05) is 29.8 Å². The summed E-state index contributed by atoms with van der Waals surface area (Å²) >= 11 is 5.90. The fourth-order valence-corrected chi connectivity index (χ4v) is 2.91. The zero-order valence-electron chi connectivity index (χ0n) is 17.1. The zero-order chi connectivity index (χ0) is 21.5. The Hall–Kier alpha value is -3.25. The first-order chi connectivity index (χ1) is 14.4. The van der Waals surface area contributed by atoms with Crippen LogP contribution in [0.15, 0.2) is 60.9 Å². The maximum atomic E-state index is 12.3. The smallest absolute Gasteiger partial charge is 0.248 e. The highest BCUT2D eigenvalue weighted by atomic mass is 35.5. The van der Waals surface area contributed by atoms with Crippen LogP contribution in [0.4, 0.5) is 5.69 Å². The van der Waals surface area contributed by atoms with Gasteiger partial charge in [0, 0.05) is 17.3 Å². The molecule has 1 aromatic heterocycles. The summed E-state index contributed by atoms with van der Waals surface area (Å²) in [6.07, 6.45) is 6.62. The second kappa shape index (κ2) is 9.98. The van der Waals surface area contributed by atoms with E-state index in [1.54, 1.807) is 30.3 Å². The van der Waals surface area contributed by atoms with Gasteiger partial charge in [-0.2, -0.15) is 5.10 Å².